The number of rotatable bonds is 3. The van der Waals surface area contributed by atoms with Crippen molar-refractivity contribution in [2.45, 2.75) is 51.5 Å². The number of hydrogen-bond donors (Lipinski definition) is 0. The zero-order chi connectivity index (χ0) is 20.5. The molecule has 8 nitrogen and oxygen atoms in total. The van der Waals surface area contributed by atoms with Gasteiger partial charge in [0, 0.05) is 32.5 Å². The lowest BCUT2D eigenvalue weighted by Gasteiger charge is -2.35. The predicted molar refractivity (Wildman–Crippen MR) is 111 cm³/mol. The number of amides is 1. The van der Waals surface area contributed by atoms with Gasteiger partial charge in [0.2, 0.25) is 11.8 Å². The summed E-state index contributed by atoms with van der Waals surface area (Å²) in [7, 11) is 0. The van der Waals surface area contributed by atoms with Crippen LogP contribution in [-0.4, -0.2) is 45.6 Å². The van der Waals surface area contributed by atoms with Crippen LogP contribution in [0.5, 0.6) is 0 Å². The molecule has 4 heterocycles. The van der Waals surface area contributed by atoms with Gasteiger partial charge < -0.3 is 18.7 Å². The van der Waals surface area contributed by atoms with Crippen LogP contribution >= 0.6 is 0 Å². The molecule has 5 rings (SSSR count). The number of para-hydroxylation sites is 2. The van der Waals surface area contributed by atoms with Crippen molar-refractivity contribution in [3.63, 3.8) is 0 Å². The van der Waals surface area contributed by atoms with E-state index < -0.39 is 0 Å². The molecule has 1 aromatic carbocycles. The third-order valence-corrected chi connectivity index (χ3v) is 6.27. The summed E-state index contributed by atoms with van der Waals surface area (Å²) in [5.74, 6) is 1.43. The third kappa shape index (κ3) is 3.66. The highest BCUT2D eigenvalue weighted by Gasteiger charge is 2.35. The molecule has 0 radical (unpaired) electrons. The molecule has 2 fully saturated rings. The van der Waals surface area contributed by atoms with Gasteiger partial charge in [-0.05, 0) is 37.8 Å². The maximum Gasteiger partial charge on any atom is 0.298 e. The average molecular weight is 409 g/mol. The minimum absolute atomic E-state index is 0.0132. The summed E-state index contributed by atoms with van der Waals surface area (Å²) in [6, 6.07) is 8.37. The molecule has 8 heteroatoms. The Morgan fingerprint density at radius 2 is 1.87 bits per heavy atom. The molecular weight excluding hydrogens is 382 g/mol. The van der Waals surface area contributed by atoms with E-state index in [9.17, 15) is 4.79 Å². The standard InChI is InChI=1S/C22H27N5O3/c1-15-23-20(25-30-15)18-8-3-2-6-12-27(18)21(28)16-10-13-26(14-11-16)22-24-17-7-4-5-9-19(17)29-22/h4-5,7,9,16,18H,2-3,6,8,10-14H2,1H3/t18-/m0/s1. The number of hydrogen-bond acceptors (Lipinski definition) is 7. The first kappa shape index (κ1) is 19.1. The molecule has 0 saturated carbocycles. The van der Waals surface area contributed by atoms with E-state index in [2.05, 4.69) is 20.0 Å². The highest BCUT2D eigenvalue weighted by atomic mass is 16.5. The van der Waals surface area contributed by atoms with Gasteiger partial charge in [-0.25, -0.2) is 0 Å². The van der Waals surface area contributed by atoms with Crippen molar-refractivity contribution in [3.05, 3.63) is 36.0 Å². The Morgan fingerprint density at radius 1 is 1.03 bits per heavy atom. The van der Waals surface area contributed by atoms with Crippen molar-refractivity contribution < 1.29 is 13.7 Å². The number of aryl methyl sites for hydroxylation is 1. The monoisotopic (exact) mass is 409 g/mol. The maximum absolute atomic E-state index is 13.5. The highest BCUT2D eigenvalue weighted by Crippen LogP contribution is 2.33. The summed E-state index contributed by atoms with van der Waals surface area (Å²) < 4.78 is 11.1. The van der Waals surface area contributed by atoms with Crippen molar-refractivity contribution in [2.24, 2.45) is 5.92 Å². The Bertz CT molecular complexity index is 988. The topological polar surface area (TPSA) is 88.5 Å². The Labute approximate surface area is 175 Å². The van der Waals surface area contributed by atoms with Gasteiger partial charge in [-0.15, -0.1) is 0 Å². The van der Waals surface area contributed by atoms with Crippen molar-refractivity contribution in [3.8, 4) is 0 Å². The van der Waals surface area contributed by atoms with Gasteiger partial charge in [-0.3, -0.25) is 4.79 Å². The number of likely N-dealkylation sites (tertiary alicyclic amines) is 1. The van der Waals surface area contributed by atoms with Gasteiger partial charge in [0.1, 0.15) is 5.52 Å². The van der Waals surface area contributed by atoms with Crippen LogP contribution in [0.2, 0.25) is 0 Å². The molecule has 2 aliphatic heterocycles. The molecule has 0 aliphatic carbocycles. The quantitative estimate of drug-likeness (QED) is 0.648. The Hall–Kier alpha value is -2.90. The van der Waals surface area contributed by atoms with E-state index in [-0.39, 0.29) is 17.9 Å². The molecule has 0 bridgehead atoms. The van der Waals surface area contributed by atoms with Gasteiger partial charge in [0.15, 0.2) is 11.4 Å². The number of oxazole rings is 1. The van der Waals surface area contributed by atoms with Crippen LogP contribution in [0.1, 0.15) is 56.3 Å². The first-order chi connectivity index (χ1) is 14.7. The molecule has 0 N–H and O–H groups in total. The van der Waals surface area contributed by atoms with E-state index >= 15 is 0 Å². The lowest BCUT2D eigenvalue weighted by atomic mass is 9.94. The van der Waals surface area contributed by atoms with E-state index in [0.717, 1.165) is 69.3 Å². The van der Waals surface area contributed by atoms with Crippen molar-refractivity contribution in [2.75, 3.05) is 24.5 Å². The highest BCUT2D eigenvalue weighted by molar-refractivity contribution is 5.80. The molecule has 30 heavy (non-hydrogen) atoms. The number of carbonyl (C=O) groups is 1. The average Bonchev–Trinajstić information content (AvgIpc) is 3.32. The van der Waals surface area contributed by atoms with Crippen LogP contribution in [0.15, 0.2) is 33.2 Å². The van der Waals surface area contributed by atoms with Gasteiger partial charge in [-0.1, -0.05) is 30.1 Å². The molecule has 2 aliphatic rings. The molecule has 2 saturated heterocycles. The molecule has 158 valence electrons. The van der Waals surface area contributed by atoms with Gasteiger partial charge in [0.25, 0.3) is 6.01 Å². The minimum atomic E-state index is -0.0764. The normalized spacial score (nSPS) is 21.2. The predicted octanol–water partition coefficient (Wildman–Crippen LogP) is 3.88. The fourth-order valence-corrected chi connectivity index (χ4v) is 4.64. The largest absolute Gasteiger partial charge is 0.423 e. The summed E-state index contributed by atoms with van der Waals surface area (Å²) >= 11 is 0. The first-order valence-electron chi connectivity index (χ1n) is 10.9. The Kier molecular flexibility index (Phi) is 5.14. The number of carbonyl (C=O) groups excluding carboxylic acids is 1. The molecule has 0 spiro atoms. The van der Waals surface area contributed by atoms with Crippen molar-refractivity contribution in [1.29, 1.82) is 0 Å². The van der Waals surface area contributed by atoms with Gasteiger partial charge in [-0.2, -0.15) is 9.97 Å². The first-order valence-corrected chi connectivity index (χ1v) is 10.9. The van der Waals surface area contributed by atoms with E-state index in [4.69, 9.17) is 8.94 Å². The molecule has 0 unspecified atom stereocenters. The number of benzene rings is 1. The summed E-state index contributed by atoms with van der Waals surface area (Å²) in [6.45, 7) is 4.09. The van der Waals surface area contributed by atoms with Gasteiger partial charge in [0.05, 0.1) is 6.04 Å². The Balaban J connectivity index is 1.28. The van der Waals surface area contributed by atoms with Crippen LogP contribution in [0.3, 0.4) is 0 Å². The van der Waals surface area contributed by atoms with E-state index in [1.54, 1.807) is 6.92 Å². The van der Waals surface area contributed by atoms with Crippen LogP contribution in [0, 0.1) is 12.8 Å². The van der Waals surface area contributed by atoms with E-state index in [1.807, 2.05) is 29.2 Å². The zero-order valence-corrected chi connectivity index (χ0v) is 17.3. The smallest absolute Gasteiger partial charge is 0.298 e. The second-order valence-corrected chi connectivity index (χ2v) is 8.29. The van der Waals surface area contributed by atoms with Crippen LogP contribution in [0.4, 0.5) is 6.01 Å². The molecule has 1 amide bonds. The fourth-order valence-electron chi connectivity index (χ4n) is 4.64. The van der Waals surface area contributed by atoms with Crippen molar-refractivity contribution >= 4 is 23.0 Å². The fraction of sp³-hybridized carbons (Fsp3) is 0.545. The van der Waals surface area contributed by atoms with Crippen LogP contribution in [0.25, 0.3) is 11.1 Å². The number of nitrogens with zero attached hydrogens (tertiary/aromatic N) is 5. The molecule has 2 aromatic heterocycles. The van der Waals surface area contributed by atoms with Crippen LogP contribution < -0.4 is 4.90 Å². The van der Waals surface area contributed by atoms with Gasteiger partial charge >= 0.3 is 0 Å². The van der Waals surface area contributed by atoms with Crippen LogP contribution in [-0.2, 0) is 4.79 Å². The number of aromatic nitrogens is 3. The molecule has 1 atom stereocenters. The van der Waals surface area contributed by atoms with E-state index in [0.29, 0.717) is 17.7 Å². The van der Waals surface area contributed by atoms with E-state index in [1.165, 1.54) is 0 Å². The summed E-state index contributed by atoms with van der Waals surface area (Å²) in [6.07, 6.45) is 5.73. The minimum Gasteiger partial charge on any atom is -0.423 e. The molecular formula is C22H27N5O3. The maximum atomic E-state index is 13.5. The molecule has 3 aromatic rings. The summed E-state index contributed by atoms with van der Waals surface area (Å²) in [5.41, 5.74) is 1.67. The number of anilines is 1. The third-order valence-electron chi connectivity index (χ3n) is 6.27. The second kappa shape index (κ2) is 8.08. The lowest BCUT2D eigenvalue weighted by molar-refractivity contribution is -0.139. The SMILES string of the molecule is Cc1nc([C@@H]2CCCCCN2C(=O)C2CCN(c3nc4ccccc4o3)CC2)no1. The zero-order valence-electron chi connectivity index (χ0n) is 17.3. The summed E-state index contributed by atoms with van der Waals surface area (Å²) in [4.78, 5) is 26.6. The Morgan fingerprint density at radius 3 is 2.63 bits per heavy atom. The number of piperidine rings is 1. The lowest BCUT2D eigenvalue weighted by Crippen LogP contribution is -2.44. The summed E-state index contributed by atoms with van der Waals surface area (Å²) in [5, 5.41) is 4.12. The van der Waals surface area contributed by atoms with Crippen molar-refractivity contribution in [1.82, 2.24) is 20.0 Å². The second-order valence-electron chi connectivity index (χ2n) is 8.29. The number of fused-ring (bicyclic) bond motifs is 1.